The number of nitrogens with one attached hydrogen (secondary N) is 2. The maximum atomic E-state index is 12.1. The minimum atomic E-state index is 0.0368. The molecule has 1 heterocycles. The number of rotatable bonds is 8. The lowest BCUT2D eigenvalue weighted by Crippen LogP contribution is -2.48. The van der Waals surface area contributed by atoms with Gasteiger partial charge in [-0.2, -0.15) is 0 Å². The highest BCUT2D eigenvalue weighted by Gasteiger charge is 2.19. The maximum absolute atomic E-state index is 12.1. The highest BCUT2D eigenvalue weighted by molar-refractivity contribution is 5.94. The Hall–Kier alpha value is -2.08. The summed E-state index contributed by atoms with van der Waals surface area (Å²) in [5.74, 6) is 0.937. The van der Waals surface area contributed by atoms with E-state index in [1.54, 1.807) is 19.0 Å². The normalized spacial score (nSPS) is 16.1. The zero-order chi connectivity index (χ0) is 20.4. The molecule has 1 amide bonds. The number of carbonyl (C=O) groups is 1. The van der Waals surface area contributed by atoms with Crippen molar-refractivity contribution in [2.24, 2.45) is 4.99 Å². The molecule has 6 heteroatoms. The number of benzene rings is 1. The van der Waals surface area contributed by atoms with Crippen molar-refractivity contribution in [1.82, 2.24) is 20.4 Å². The molecule has 1 aromatic rings. The molecule has 0 aliphatic carbocycles. The monoisotopic (exact) mass is 387 g/mol. The number of aliphatic imine (C=N–C) groups is 1. The Morgan fingerprint density at radius 2 is 2.00 bits per heavy atom. The van der Waals surface area contributed by atoms with Crippen LogP contribution >= 0.6 is 0 Å². The van der Waals surface area contributed by atoms with Crippen LogP contribution in [0.3, 0.4) is 0 Å². The highest BCUT2D eigenvalue weighted by Crippen LogP contribution is 2.11. The molecule has 0 spiro atoms. The van der Waals surface area contributed by atoms with Crippen molar-refractivity contribution in [3.63, 3.8) is 0 Å². The Morgan fingerprint density at radius 3 is 2.64 bits per heavy atom. The number of hydrogen-bond acceptors (Lipinski definition) is 3. The van der Waals surface area contributed by atoms with Crippen LogP contribution in [0.15, 0.2) is 29.3 Å². The van der Waals surface area contributed by atoms with Gasteiger partial charge in [0.1, 0.15) is 0 Å². The Labute approximate surface area is 170 Å². The second kappa shape index (κ2) is 11.7. The van der Waals surface area contributed by atoms with Gasteiger partial charge in [-0.05, 0) is 56.8 Å². The Bertz CT molecular complexity index is 636. The molecule has 2 rings (SSSR count). The molecular weight excluding hydrogens is 350 g/mol. The van der Waals surface area contributed by atoms with Crippen LogP contribution in [0.1, 0.15) is 49.0 Å². The number of piperidine rings is 1. The van der Waals surface area contributed by atoms with Crippen molar-refractivity contribution in [3.05, 3.63) is 35.4 Å². The quantitative estimate of drug-likeness (QED) is 0.531. The van der Waals surface area contributed by atoms with Crippen LogP contribution in [0.2, 0.25) is 0 Å². The summed E-state index contributed by atoms with van der Waals surface area (Å²) >= 11 is 0. The zero-order valence-corrected chi connectivity index (χ0v) is 18.0. The predicted molar refractivity (Wildman–Crippen MR) is 117 cm³/mol. The van der Waals surface area contributed by atoms with Crippen LogP contribution in [0.4, 0.5) is 0 Å². The van der Waals surface area contributed by atoms with E-state index in [-0.39, 0.29) is 5.91 Å². The summed E-state index contributed by atoms with van der Waals surface area (Å²) in [6.45, 7) is 9.42. The second-order valence-corrected chi connectivity index (χ2v) is 7.67. The average molecular weight is 388 g/mol. The Kier molecular flexibility index (Phi) is 9.28. The lowest BCUT2D eigenvalue weighted by molar-refractivity contribution is 0.0827. The van der Waals surface area contributed by atoms with Gasteiger partial charge in [-0.25, -0.2) is 0 Å². The van der Waals surface area contributed by atoms with Crippen LogP contribution in [0.25, 0.3) is 0 Å². The van der Waals surface area contributed by atoms with Crippen LogP contribution in [0, 0.1) is 0 Å². The minimum Gasteiger partial charge on any atom is -0.357 e. The largest absolute Gasteiger partial charge is 0.357 e. The molecule has 6 nitrogen and oxygen atoms in total. The molecule has 0 aromatic heterocycles. The number of amides is 1. The van der Waals surface area contributed by atoms with Gasteiger partial charge in [-0.3, -0.25) is 9.79 Å². The summed E-state index contributed by atoms with van der Waals surface area (Å²) in [4.78, 5) is 21.0. The van der Waals surface area contributed by atoms with Gasteiger partial charge in [0, 0.05) is 51.9 Å². The summed E-state index contributed by atoms with van der Waals surface area (Å²) in [6.07, 6.45) is 4.38. The molecule has 1 aromatic carbocycles. The van der Waals surface area contributed by atoms with Crippen LogP contribution in [-0.4, -0.2) is 74.5 Å². The molecule has 0 saturated carbocycles. The molecule has 0 unspecified atom stereocenters. The van der Waals surface area contributed by atoms with Gasteiger partial charge in [-0.1, -0.05) is 19.1 Å². The lowest BCUT2D eigenvalue weighted by Gasteiger charge is -2.32. The first-order valence-electron chi connectivity index (χ1n) is 10.6. The van der Waals surface area contributed by atoms with Crippen LogP contribution in [-0.2, 0) is 6.42 Å². The first-order valence-corrected chi connectivity index (χ1v) is 10.6. The van der Waals surface area contributed by atoms with E-state index in [1.807, 2.05) is 18.2 Å². The number of hydrogen-bond donors (Lipinski definition) is 2. The average Bonchev–Trinajstić information content (AvgIpc) is 2.69. The van der Waals surface area contributed by atoms with Crippen molar-refractivity contribution in [2.45, 2.75) is 45.6 Å². The highest BCUT2D eigenvalue weighted by atomic mass is 16.2. The van der Waals surface area contributed by atoms with Gasteiger partial charge in [-0.15, -0.1) is 0 Å². The molecule has 1 aliphatic rings. The van der Waals surface area contributed by atoms with Crippen molar-refractivity contribution < 1.29 is 4.79 Å². The molecule has 1 aliphatic heterocycles. The summed E-state index contributed by atoms with van der Waals surface area (Å²) in [7, 11) is 3.56. The fourth-order valence-electron chi connectivity index (χ4n) is 3.55. The smallest absolute Gasteiger partial charge is 0.253 e. The molecule has 0 bridgehead atoms. The molecule has 2 N–H and O–H groups in total. The van der Waals surface area contributed by atoms with Crippen molar-refractivity contribution in [2.75, 3.05) is 46.8 Å². The number of likely N-dealkylation sites (tertiary alicyclic amines) is 1. The third-order valence-electron chi connectivity index (χ3n) is 5.06. The molecule has 1 saturated heterocycles. The Balaban J connectivity index is 1.87. The standard InChI is InChI=1S/C22H37N5O/c1-5-14-27-15-11-20(12-16-27)25-22(23-6-2)24-13-10-18-8-7-9-19(17-18)21(28)26(3)4/h7-9,17,20H,5-6,10-16H2,1-4H3,(H2,23,24,25). The molecule has 156 valence electrons. The van der Waals surface area contributed by atoms with Crippen molar-refractivity contribution in [1.29, 1.82) is 0 Å². The third kappa shape index (κ3) is 7.15. The number of guanidine groups is 1. The van der Waals surface area contributed by atoms with Crippen LogP contribution < -0.4 is 10.6 Å². The first kappa shape index (κ1) is 22.2. The lowest BCUT2D eigenvalue weighted by atomic mass is 10.1. The molecule has 28 heavy (non-hydrogen) atoms. The van der Waals surface area contributed by atoms with Gasteiger partial charge < -0.3 is 20.4 Å². The van der Waals surface area contributed by atoms with Gasteiger partial charge in [0.25, 0.3) is 5.91 Å². The van der Waals surface area contributed by atoms with Gasteiger partial charge in [0.2, 0.25) is 0 Å². The summed E-state index contributed by atoms with van der Waals surface area (Å²) in [5, 5.41) is 6.96. The van der Waals surface area contributed by atoms with E-state index in [2.05, 4.69) is 35.4 Å². The van der Waals surface area contributed by atoms with Crippen molar-refractivity contribution >= 4 is 11.9 Å². The van der Waals surface area contributed by atoms with E-state index in [0.717, 1.165) is 43.1 Å². The molecule has 0 radical (unpaired) electrons. The van der Waals surface area contributed by atoms with E-state index in [9.17, 15) is 4.79 Å². The van der Waals surface area contributed by atoms with E-state index in [0.29, 0.717) is 12.6 Å². The summed E-state index contributed by atoms with van der Waals surface area (Å²) in [6, 6.07) is 8.34. The maximum Gasteiger partial charge on any atom is 0.253 e. The predicted octanol–water partition coefficient (Wildman–Crippen LogP) is 2.36. The fourth-order valence-corrected chi connectivity index (χ4v) is 3.55. The van der Waals surface area contributed by atoms with E-state index in [4.69, 9.17) is 4.99 Å². The summed E-state index contributed by atoms with van der Waals surface area (Å²) in [5.41, 5.74) is 1.87. The molecular formula is C22H37N5O. The zero-order valence-electron chi connectivity index (χ0n) is 18.0. The van der Waals surface area contributed by atoms with E-state index < -0.39 is 0 Å². The van der Waals surface area contributed by atoms with Gasteiger partial charge in [0.05, 0.1) is 0 Å². The minimum absolute atomic E-state index is 0.0368. The second-order valence-electron chi connectivity index (χ2n) is 7.67. The summed E-state index contributed by atoms with van der Waals surface area (Å²) < 4.78 is 0. The molecule has 0 atom stereocenters. The van der Waals surface area contributed by atoms with Gasteiger partial charge >= 0.3 is 0 Å². The van der Waals surface area contributed by atoms with E-state index in [1.165, 1.54) is 25.8 Å². The fraction of sp³-hybridized carbons (Fsp3) is 0.636. The topological polar surface area (TPSA) is 60.0 Å². The van der Waals surface area contributed by atoms with E-state index >= 15 is 0 Å². The van der Waals surface area contributed by atoms with Gasteiger partial charge in [0.15, 0.2) is 5.96 Å². The molecule has 1 fully saturated rings. The third-order valence-corrected chi connectivity index (χ3v) is 5.06. The van der Waals surface area contributed by atoms with Crippen LogP contribution in [0.5, 0.6) is 0 Å². The van der Waals surface area contributed by atoms with Crippen molar-refractivity contribution in [3.8, 4) is 0 Å². The number of carbonyl (C=O) groups excluding carboxylic acids is 1. The number of nitrogens with zero attached hydrogens (tertiary/aromatic N) is 3. The SMILES string of the molecule is CCCN1CCC(NC(=NCCc2cccc(C(=O)N(C)C)c2)NCC)CC1. The Morgan fingerprint density at radius 1 is 1.25 bits per heavy atom. The first-order chi connectivity index (χ1) is 13.5.